The topological polar surface area (TPSA) is 52.3 Å². The molecule has 2 heterocycles. The number of methoxy groups -OCH3 is 1. The van der Waals surface area contributed by atoms with Crippen molar-refractivity contribution in [2.24, 2.45) is 0 Å². The van der Waals surface area contributed by atoms with E-state index in [9.17, 15) is 4.79 Å². The van der Waals surface area contributed by atoms with Crippen molar-refractivity contribution in [2.45, 2.75) is 0 Å². The summed E-state index contributed by atoms with van der Waals surface area (Å²) < 4.78 is 10.6. The fourth-order valence-electron chi connectivity index (χ4n) is 1.93. The summed E-state index contributed by atoms with van der Waals surface area (Å²) in [4.78, 5) is 16.6. The lowest BCUT2D eigenvalue weighted by atomic mass is 10.1. The second-order valence-corrected chi connectivity index (χ2v) is 4.06. The molecule has 0 aliphatic heterocycles. The first-order valence-electron chi connectivity index (χ1n) is 5.80. The highest BCUT2D eigenvalue weighted by Crippen LogP contribution is 2.21. The largest absolute Gasteiger partial charge is 0.497 e. The number of benzene rings is 1. The lowest BCUT2D eigenvalue weighted by molar-refractivity contribution is 0.414. The molecular formula is C15H11NO3. The van der Waals surface area contributed by atoms with Crippen molar-refractivity contribution in [3.63, 3.8) is 0 Å². The number of pyridine rings is 1. The first-order valence-corrected chi connectivity index (χ1v) is 5.80. The van der Waals surface area contributed by atoms with Crippen LogP contribution in [0.3, 0.4) is 0 Å². The standard InChI is InChI=1S/C15H11NO3/c1-18-10-5-6-11-14(8-10)19-9-12(15(11)17)13-4-2-3-7-16-13/h2-9H,1H3. The Labute approximate surface area is 109 Å². The van der Waals surface area contributed by atoms with Gasteiger partial charge in [0.05, 0.1) is 23.8 Å². The maximum Gasteiger partial charge on any atom is 0.202 e. The van der Waals surface area contributed by atoms with Crippen molar-refractivity contribution in [3.05, 3.63) is 59.1 Å². The molecule has 3 aromatic rings. The average molecular weight is 253 g/mol. The van der Waals surface area contributed by atoms with Gasteiger partial charge in [0.15, 0.2) is 0 Å². The second kappa shape index (κ2) is 4.57. The van der Waals surface area contributed by atoms with Gasteiger partial charge >= 0.3 is 0 Å². The number of hydrogen-bond donors (Lipinski definition) is 0. The third-order valence-electron chi connectivity index (χ3n) is 2.92. The number of fused-ring (bicyclic) bond motifs is 1. The third-order valence-corrected chi connectivity index (χ3v) is 2.92. The highest BCUT2D eigenvalue weighted by Gasteiger charge is 2.10. The van der Waals surface area contributed by atoms with Gasteiger partial charge in [-0.3, -0.25) is 9.78 Å². The van der Waals surface area contributed by atoms with Crippen LogP contribution in [0.2, 0.25) is 0 Å². The van der Waals surface area contributed by atoms with Crippen molar-refractivity contribution in [1.29, 1.82) is 0 Å². The Morgan fingerprint density at radius 2 is 2.11 bits per heavy atom. The Morgan fingerprint density at radius 3 is 2.84 bits per heavy atom. The van der Waals surface area contributed by atoms with Crippen molar-refractivity contribution in [3.8, 4) is 17.0 Å². The molecule has 0 saturated heterocycles. The molecule has 4 nitrogen and oxygen atoms in total. The van der Waals surface area contributed by atoms with Crippen molar-refractivity contribution < 1.29 is 9.15 Å². The van der Waals surface area contributed by atoms with Crippen LogP contribution in [0.1, 0.15) is 0 Å². The van der Waals surface area contributed by atoms with Gasteiger partial charge in [-0.15, -0.1) is 0 Å². The predicted molar refractivity (Wildman–Crippen MR) is 72.3 cm³/mol. The highest BCUT2D eigenvalue weighted by molar-refractivity contribution is 5.81. The van der Waals surface area contributed by atoms with Gasteiger partial charge in [-0.2, -0.15) is 0 Å². The Kier molecular flexibility index (Phi) is 2.76. The average Bonchev–Trinajstić information content (AvgIpc) is 2.48. The lowest BCUT2D eigenvalue weighted by Crippen LogP contribution is -2.05. The fraction of sp³-hybridized carbons (Fsp3) is 0.0667. The normalized spacial score (nSPS) is 10.6. The molecule has 0 saturated carbocycles. The summed E-state index contributed by atoms with van der Waals surface area (Å²) in [5, 5.41) is 0.518. The van der Waals surface area contributed by atoms with Crippen LogP contribution >= 0.6 is 0 Å². The van der Waals surface area contributed by atoms with E-state index in [1.807, 2.05) is 6.07 Å². The van der Waals surface area contributed by atoms with E-state index in [2.05, 4.69) is 4.98 Å². The maximum absolute atomic E-state index is 12.4. The predicted octanol–water partition coefficient (Wildman–Crippen LogP) is 2.86. The number of hydrogen-bond acceptors (Lipinski definition) is 4. The monoisotopic (exact) mass is 253 g/mol. The minimum absolute atomic E-state index is 0.0948. The van der Waals surface area contributed by atoms with Crippen LogP contribution in [0.5, 0.6) is 5.75 Å². The lowest BCUT2D eigenvalue weighted by Gasteiger charge is -2.03. The van der Waals surface area contributed by atoms with Crippen LogP contribution in [-0.2, 0) is 0 Å². The van der Waals surface area contributed by atoms with E-state index in [-0.39, 0.29) is 5.43 Å². The molecule has 0 aliphatic rings. The quantitative estimate of drug-likeness (QED) is 0.704. The van der Waals surface area contributed by atoms with Crippen molar-refractivity contribution in [1.82, 2.24) is 4.98 Å². The summed E-state index contributed by atoms with van der Waals surface area (Å²) >= 11 is 0. The van der Waals surface area contributed by atoms with Gasteiger partial charge in [0, 0.05) is 12.3 Å². The SMILES string of the molecule is COc1ccc2c(=O)c(-c3ccccn3)coc2c1. The van der Waals surface area contributed by atoms with Crippen LogP contribution in [0.4, 0.5) is 0 Å². The van der Waals surface area contributed by atoms with E-state index in [0.717, 1.165) is 0 Å². The Hall–Kier alpha value is -2.62. The molecule has 0 aliphatic carbocycles. The van der Waals surface area contributed by atoms with E-state index < -0.39 is 0 Å². The van der Waals surface area contributed by atoms with Crippen LogP contribution in [0, 0.1) is 0 Å². The van der Waals surface area contributed by atoms with Crippen LogP contribution < -0.4 is 10.2 Å². The maximum atomic E-state index is 12.4. The van der Waals surface area contributed by atoms with E-state index >= 15 is 0 Å². The van der Waals surface area contributed by atoms with Crippen molar-refractivity contribution in [2.75, 3.05) is 7.11 Å². The van der Waals surface area contributed by atoms with Gasteiger partial charge in [0.1, 0.15) is 17.6 Å². The molecule has 0 unspecified atom stereocenters. The molecule has 94 valence electrons. The molecule has 2 aromatic heterocycles. The van der Waals surface area contributed by atoms with Crippen LogP contribution in [0.15, 0.2) is 58.1 Å². The second-order valence-electron chi connectivity index (χ2n) is 4.06. The number of aromatic nitrogens is 1. The molecule has 0 fully saturated rings. The zero-order valence-electron chi connectivity index (χ0n) is 10.3. The molecule has 19 heavy (non-hydrogen) atoms. The summed E-state index contributed by atoms with van der Waals surface area (Å²) in [6, 6.07) is 10.5. The molecule has 0 bridgehead atoms. The molecule has 0 N–H and O–H groups in total. The minimum Gasteiger partial charge on any atom is -0.497 e. The zero-order chi connectivity index (χ0) is 13.2. The first kappa shape index (κ1) is 11.5. The van der Waals surface area contributed by atoms with Gasteiger partial charge in [0.25, 0.3) is 0 Å². The summed E-state index contributed by atoms with van der Waals surface area (Å²) in [7, 11) is 1.57. The van der Waals surface area contributed by atoms with E-state index in [0.29, 0.717) is 28.0 Å². The van der Waals surface area contributed by atoms with Gasteiger partial charge in [-0.25, -0.2) is 0 Å². The first-order chi connectivity index (χ1) is 9.29. The van der Waals surface area contributed by atoms with E-state index in [1.165, 1.54) is 6.26 Å². The summed E-state index contributed by atoms with van der Waals surface area (Å²) in [5.41, 5.74) is 1.47. The number of nitrogens with zero attached hydrogens (tertiary/aromatic N) is 1. The molecule has 1 aromatic carbocycles. The Bertz CT molecular complexity index is 778. The Balaban J connectivity index is 2.25. The third kappa shape index (κ3) is 1.97. The van der Waals surface area contributed by atoms with E-state index in [1.54, 1.807) is 43.6 Å². The molecule has 0 radical (unpaired) electrons. The molecule has 4 heteroatoms. The summed E-state index contributed by atoms with van der Waals surface area (Å²) in [5.74, 6) is 0.654. The van der Waals surface area contributed by atoms with Gasteiger partial charge in [-0.1, -0.05) is 6.07 Å². The van der Waals surface area contributed by atoms with Gasteiger partial charge in [0.2, 0.25) is 5.43 Å². The zero-order valence-corrected chi connectivity index (χ0v) is 10.3. The number of ether oxygens (including phenoxy) is 1. The fourth-order valence-corrected chi connectivity index (χ4v) is 1.93. The van der Waals surface area contributed by atoms with Gasteiger partial charge in [-0.05, 0) is 24.3 Å². The molecule has 0 atom stereocenters. The molecule has 3 rings (SSSR count). The molecule has 0 spiro atoms. The van der Waals surface area contributed by atoms with E-state index in [4.69, 9.17) is 9.15 Å². The highest BCUT2D eigenvalue weighted by atomic mass is 16.5. The summed E-state index contributed by atoms with van der Waals surface area (Å²) in [6.07, 6.45) is 3.08. The van der Waals surface area contributed by atoms with Crippen LogP contribution in [-0.4, -0.2) is 12.1 Å². The minimum atomic E-state index is -0.0948. The van der Waals surface area contributed by atoms with Crippen molar-refractivity contribution >= 4 is 11.0 Å². The number of rotatable bonds is 2. The van der Waals surface area contributed by atoms with Gasteiger partial charge < -0.3 is 9.15 Å². The Morgan fingerprint density at radius 1 is 1.21 bits per heavy atom. The smallest absolute Gasteiger partial charge is 0.202 e. The van der Waals surface area contributed by atoms with Crippen LogP contribution in [0.25, 0.3) is 22.2 Å². The summed E-state index contributed by atoms with van der Waals surface area (Å²) in [6.45, 7) is 0. The molecular weight excluding hydrogens is 242 g/mol. The molecule has 0 amide bonds.